The second kappa shape index (κ2) is 7.73. The molecule has 0 spiro atoms. The van der Waals surface area contributed by atoms with Crippen molar-refractivity contribution in [3.05, 3.63) is 33.8 Å². The van der Waals surface area contributed by atoms with Crippen LogP contribution in [0.1, 0.15) is 35.6 Å². The van der Waals surface area contributed by atoms with Crippen LogP contribution in [0.25, 0.3) is 0 Å². The van der Waals surface area contributed by atoms with Crippen molar-refractivity contribution in [2.45, 2.75) is 49.8 Å². The van der Waals surface area contributed by atoms with Crippen LogP contribution >= 0.6 is 11.6 Å². The van der Waals surface area contributed by atoms with E-state index in [0.717, 1.165) is 4.90 Å². The summed E-state index contributed by atoms with van der Waals surface area (Å²) >= 11 is 6.09. The summed E-state index contributed by atoms with van der Waals surface area (Å²) in [7, 11) is 0. The zero-order valence-electron chi connectivity index (χ0n) is 15.7. The third-order valence-corrected chi connectivity index (χ3v) is 5.83. The van der Waals surface area contributed by atoms with Gasteiger partial charge >= 0.3 is 24.0 Å². The molecule has 2 N–H and O–H groups in total. The standard InChI is InChI=1S/C18H17ClF6N2O4/c19-10-6-9-3-5-26(14(28)16(31,17(20,21)22)18(23,24)25)8-12(9)11(7-10)13-2-1-4-27(13)15(29)30/h6-7,13,31H,1-5,8H2,(H,29,30)/t13-/m0/s1. The second-order valence-electron chi connectivity index (χ2n) is 7.45. The van der Waals surface area contributed by atoms with E-state index in [0.29, 0.717) is 28.9 Å². The van der Waals surface area contributed by atoms with Gasteiger partial charge < -0.3 is 20.0 Å². The Balaban J connectivity index is 2.02. The van der Waals surface area contributed by atoms with E-state index in [1.807, 2.05) is 0 Å². The van der Waals surface area contributed by atoms with Gasteiger partial charge in [-0.15, -0.1) is 0 Å². The molecule has 0 unspecified atom stereocenters. The lowest BCUT2D eigenvalue weighted by atomic mass is 9.89. The number of aliphatic hydroxyl groups is 1. The third-order valence-electron chi connectivity index (χ3n) is 5.62. The molecule has 172 valence electrons. The van der Waals surface area contributed by atoms with Crippen molar-refractivity contribution in [2.24, 2.45) is 0 Å². The second-order valence-corrected chi connectivity index (χ2v) is 7.89. The van der Waals surface area contributed by atoms with Gasteiger partial charge in [0.15, 0.2) is 0 Å². The van der Waals surface area contributed by atoms with E-state index < -0.39 is 49.1 Å². The summed E-state index contributed by atoms with van der Waals surface area (Å²) in [6.07, 6.45) is -13.0. The average Bonchev–Trinajstić information content (AvgIpc) is 3.13. The maximum absolute atomic E-state index is 13.1. The summed E-state index contributed by atoms with van der Waals surface area (Å²) in [5, 5.41) is 19.1. The first-order valence-electron chi connectivity index (χ1n) is 9.14. The van der Waals surface area contributed by atoms with Gasteiger partial charge in [-0.25, -0.2) is 4.79 Å². The van der Waals surface area contributed by atoms with Crippen LogP contribution in [-0.2, 0) is 17.8 Å². The van der Waals surface area contributed by atoms with E-state index in [1.54, 1.807) is 0 Å². The number of carbonyl (C=O) groups excluding carboxylic acids is 1. The van der Waals surface area contributed by atoms with Crippen molar-refractivity contribution in [2.75, 3.05) is 13.1 Å². The van der Waals surface area contributed by atoms with Crippen LogP contribution in [-0.4, -0.2) is 63.1 Å². The Morgan fingerprint density at radius 2 is 1.68 bits per heavy atom. The van der Waals surface area contributed by atoms with Gasteiger partial charge in [0.1, 0.15) is 0 Å². The van der Waals surface area contributed by atoms with Crippen LogP contribution in [0, 0.1) is 0 Å². The van der Waals surface area contributed by atoms with Gasteiger partial charge in [-0.2, -0.15) is 26.3 Å². The Bertz CT molecular complexity index is 890. The molecule has 0 bridgehead atoms. The molecule has 1 aromatic rings. The molecule has 2 heterocycles. The number of carboxylic acid groups (broad SMARTS) is 1. The highest BCUT2D eigenvalue weighted by atomic mass is 35.5. The average molecular weight is 475 g/mol. The number of amides is 2. The normalized spacial score (nSPS) is 20.1. The predicted octanol–water partition coefficient (Wildman–Crippen LogP) is 3.90. The van der Waals surface area contributed by atoms with Crippen LogP contribution in [0.3, 0.4) is 0 Å². The predicted molar refractivity (Wildman–Crippen MR) is 94.3 cm³/mol. The van der Waals surface area contributed by atoms with Gasteiger partial charge in [-0.05, 0) is 48.1 Å². The maximum Gasteiger partial charge on any atom is 0.435 e. The van der Waals surface area contributed by atoms with Crippen molar-refractivity contribution >= 4 is 23.6 Å². The molecule has 0 aromatic heterocycles. The van der Waals surface area contributed by atoms with Crippen LogP contribution in [0.4, 0.5) is 31.1 Å². The summed E-state index contributed by atoms with van der Waals surface area (Å²) in [6, 6.07) is 2.17. The Labute approximate surface area is 177 Å². The SMILES string of the molecule is O=C(O)N1CCC[C@H]1c1cc(Cl)cc2c1CN(C(=O)C(O)(C(F)(F)F)C(F)(F)F)CC2. The maximum atomic E-state index is 13.1. The van der Waals surface area contributed by atoms with Crippen LogP contribution in [0.15, 0.2) is 12.1 Å². The van der Waals surface area contributed by atoms with Crippen LogP contribution in [0.2, 0.25) is 5.02 Å². The smallest absolute Gasteiger partial charge is 0.435 e. The minimum absolute atomic E-state index is 0.111. The molecular formula is C18H17ClF6N2O4. The number of hydrogen-bond donors (Lipinski definition) is 2. The van der Waals surface area contributed by atoms with Crippen molar-refractivity contribution < 1.29 is 46.1 Å². The fraction of sp³-hybridized carbons (Fsp3) is 0.556. The minimum Gasteiger partial charge on any atom is -0.465 e. The summed E-state index contributed by atoms with van der Waals surface area (Å²) in [4.78, 5) is 25.2. The summed E-state index contributed by atoms with van der Waals surface area (Å²) in [5.74, 6) is -2.53. The number of nitrogens with zero attached hydrogens (tertiary/aromatic N) is 2. The van der Waals surface area contributed by atoms with Gasteiger partial charge in [-0.3, -0.25) is 4.79 Å². The Morgan fingerprint density at radius 1 is 1.06 bits per heavy atom. The highest BCUT2D eigenvalue weighted by molar-refractivity contribution is 6.30. The van der Waals surface area contributed by atoms with E-state index in [2.05, 4.69) is 0 Å². The quantitative estimate of drug-likeness (QED) is 0.637. The fourth-order valence-electron chi connectivity index (χ4n) is 4.08. The molecule has 1 saturated heterocycles. The molecule has 2 aliphatic heterocycles. The van der Waals surface area contributed by atoms with Crippen LogP contribution in [0.5, 0.6) is 0 Å². The fourth-order valence-corrected chi connectivity index (χ4v) is 4.33. The van der Waals surface area contributed by atoms with Crippen molar-refractivity contribution in [1.82, 2.24) is 9.80 Å². The summed E-state index contributed by atoms with van der Waals surface area (Å²) in [6.45, 7) is -0.960. The molecule has 3 rings (SSSR count). The molecule has 1 fully saturated rings. The van der Waals surface area contributed by atoms with Gasteiger partial charge in [-0.1, -0.05) is 11.6 Å². The minimum atomic E-state index is -6.28. The lowest BCUT2D eigenvalue weighted by molar-refractivity contribution is -0.353. The lowest BCUT2D eigenvalue weighted by Gasteiger charge is -2.38. The number of halogens is 7. The molecule has 2 aliphatic rings. The van der Waals surface area contributed by atoms with Gasteiger partial charge in [0, 0.05) is 24.7 Å². The van der Waals surface area contributed by atoms with Gasteiger partial charge in [0.05, 0.1) is 6.04 Å². The van der Waals surface area contributed by atoms with E-state index in [1.165, 1.54) is 12.1 Å². The third kappa shape index (κ3) is 3.91. The highest BCUT2D eigenvalue weighted by Gasteiger charge is 2.76. The van der Waals surface area contributed by atoms with Crippen molar-refractivity contribution in [3.8, 4) is 0 Å². The number of carbonyl (C=O) groups is 2. The molecule has 6 nitrogen and oxygen atoms in total. The number of hydrogen-bond acceptors (Lipinski definition) is 3. The molecule has 13 heteroatoms. The summed E-state index contributed by atoms with van der Waals surface area (Å²) in [5.41, 5.74) is -4.51. The zero-order chi connectivity index (χ0) is 23.4. The van der Waals surface area contributed by atoms with E-state index in [9.17, 15) is 46.1 Å². The monoisotopic (exact) mass is 474 g/mol. The van der Waals surface area contributed by atoms with Crippen molar-refractivity contribution in [3.63, 3.8) is 0 Å². The Morgan fingerprint density at radius 3 is 2.23 bits per heavy atom. The molecule has 1 atom stereocenters. The summed E-state index contributed by atoms with van der Waals surface area (Å²) < 4.78 is 78.7. The van der Waals surface area contributed by atoms with Gasteiger partial charge in [0.2, 0.25) is 0 Å². The first-order chi connectivity index (χ1) is 14.2. The number of likely N-dealkylation sites (tertiary alicyclic amines) is 1. The van der Waals surface area contributed by atoms with Crippen molar-refractivity contribution in [1.29, 1.82) is 0 Å². The highest BCUT2D eigenvalue weighted by Crippen LogP contribution is 2.45. The van der Waals surface area contributed by atoms with E-state index >= 15 is 0 Å². The first-order valence-corrected chi connectivity index (χ1v) is 9.52. The van der Waals surface area contributed by atoms with Gasteiger partial charge in [0.25, 0.3) is 5.91 Å². The molecule has 0 radical (unpaired) electrons. The number of rotatable bonds is 2. The Hall–Kier alpha value is -2.21. The van der Waals surface area contributed by atoms with E-state index in [-0.39, 0.29) is 23.6 Å². The van der Waals surface area contributed by atoms with E-state index in [4.69, 9.17) is 11.6 Å². The molecular weight excluding hydrogens is 458 g/mol. The number of benzene rings is 1. The number of fused-ring (bicyclic) bond motifs is 1. The molecule has 31 heavy (non-hydrogen) atoms. The Kier molecular flexibility index (Phi) is 5.85. The molecule has 1 aromatic carbocycles. The lowest BCUT2D eigenvalue weighted by Crippen LogP contribution is -2.66. The first kappa shape index (κ1) is 23.5. The molecule has 2 amide bonds. The molecule has 0 saturated carbocycles. The molecule has 0 aliphatic carbocycles. The van der Waals surface area contributed by atoms with Crippen LogP contribution < -0.4 is 0 Å². The number of alkyl halides is 6. The topological polar surface area (TPSA) is 81.1 Å². The largest absolute Gasteiger partial charge is 0.465 e. The zero-order valence-corrected chi connectivity index (χ0v) is 16.5.